The van der Waals surface area contributed by atoms with Crippen molar-refractivity contribution < 1.29 is 9.18 Å². The number of hydrogen-bond acceptors (Lipinski definition) is 6. The molecule has 0 radical (unpaired) electrons. The minimum absolute atomic E-state index is 0.00985. The highest BCUT2D eigenvalue weighted by Gasteiger charge is 2.17. The number of amides is 1. The quantitative estimate of drug-likeness (QED) is 0.181. The number of nitrogen functional groups attached to an aromatic ring is 1. The van der Waals surface area contributed by atoms with Crippen molar-refractivity contribution in [3.8, 4) is 27.6 Å². The second-order valence-electron chi connectivity index (χ2n) is 7.67. The van der Waals surface area contributed by atoms with Crippen LogP contribution in [0, 0.1) is 17.1 Å². The van der Waals surface area contributed by atoms with Crippen molar-refractivity contribution in [2.45, 2.75) is 25.3 Å². The maximum absolute atomic E-state index is 14.4. The van der Waals surface area contributed by atoms with Crippen LogP contribution in [0.2, 0.25) is 0 Å². The largest absolute Gasteiger partial charge is 0.398 e. The summed E-state index contributed by atoms with van der Waals surface area (Å²) < 4.78 is 14.4. The molecule has 1 aromatic heterocycles. The van der Waals surface area contributed by atoms with E-state index in [0.29, 0.717) is 30.6 Å². The lowest BCUT2D eigenvalue weighted by molar-refractivity contribution is -0.109. The van der Waals surface area contributed by atoms with E-state index in [0.717, 1.165) is 39.3 Å². The first-order valence-electron chi connectivity index (χ1n) is 10.5. The van der Waals surface area contributed by atoms with Gasteiger partial charge in [0.25, 0.3) is 0 Å². The van der Waals surface area contributed by atoms with Crippen LogP contribution in [0.3, 0.4) is 0 Å². The number of anilines is 1. The first-order valence-corrected chi connectivity index (χ1v) is 11.4. The number of carbonyl (C=O) groups is 1. The molecule has 6 nitrogen and oxygen atoms in total. The molecule has 8 heteroatoms. The predicted octanol–water partition coefficient (Wildman–Crippen LogP) is 4.12. The second kappa shape index (κ2) is 11.4. The topological polar surface area (TPSA) is 117 Å². The number of nitrogens with zero attached hydrogens (tertiary/aromatic N) is 2. The van der Waals surface area contributed by atoms with Gasteiger partial charge in [-0.2, -0.15) is 5.26 Å². The van der Waals surface area contributed by atoms with Crippen LogP contribution in [0.15, 0.2) is 47.5 Å². The Bertz CT molecular complexity index is 1200. The molecule has 0 spiro atoms. The van der Waals surface area contributed by atoms with E-state index < -0.39 is 5.82 Å². The maximum Gasteiger partial charge on any atom is 0.207 e. The van der Waals surface area contributed by atoms with Gasteiger partial charge >= 0.3 is 0 Å². The number of nitrogens with one attached hydrogen (secondary N) is 1. The smallest absolute Gasteiger partial charge is 0.207 e. The lowest BCUT2D eigenvalue weighted by atomic mass is 9.98. The zero-order valence-electron chi connectivity index (χ0n) is 18.3. The van der Waals surface area contributed by atoms with Gasteiger partial charge in [0, 0.05) is 52.4 Å². The zero-order chi connectivity index (χ0) is 23.8. The van der Waals surface area contributed by atoms with E-state index in [9.17, 15) is 9.18 Å². The Morgan fingerprint density at radius 3 is 2.73 bits per heavy atom. The Kier molecular flexibility index (Phi) is 8.30. The van der Waals surface area contributed by atoms with E-state index in [1.807, 2.05) is 30.3 Å². The Morgan fingerprint density at radius 1 is 1.24 bits per heavy atom. The fourth-order valence-corrected chi connectivity index (χ4v) is 4.87. The van der Waals surface area contributed by atoms with Gasteiger partial charge in [-0.25, -0.2) is 4.39 Å². The highest BCUT2D eigenvalue weighted by atomic mass is 32.1. The molecule has 0 aliphatic rings. The van der Waals surface area contributed by atoms with E-state index in [-0.39, 0.29) is 11.6 Å². The van der Waals surface area contributed by atoms with Gasteiger partial charge in [0.2, 0.25) is 6.41 Å². The molecule has 1 heterocycles. The average molecular weight is 464 g/mol. The highest BCUT2D eigenvalue weighted by Crippen LogP contribution is 2.41. The lowest BCUT2D eigenvalue weighted by Crippen LogP contribution is -2.24. The van der Waals surface area contributed by atoms with Gasteiger partial charge < -0.3 is 16.8 Å². The van der Waals surface area contributed by atoms with Crippen molar-refractivity contribution in [3.05, 3.63) is 64.3 Å². The van der Waals surface area contributed by atoms with Crippen LogP contribution in [0.5, 0.6) is 0 Å². The van der Waals surface area contributed by atoms with Crippen molar-refractivity contribution in [1.82, 2.24) is 5.32 Å². The molecular weight excluding hydrogens is 437 g/mol. The minimum atomic E-state index is -0.552. The number of carbonyl (C=O) groups excluding carboxylic acids is 1. The summed E-state index contributed by atoms with van der Waals surface area (Å²) in [5, 5.41) is 11.7. The lowest BCUT2D eigenvalue weighted by Gasteiger charge is -2.09. The first kappa shape index (κ1) is 24.1. The SMILES string of the molecule is CN=Cc1cc(-c2sc(CC(N)CCCNC=O)cc2-c2ccc(C#N)c(F)c2)ccc1N. The number of nitrogens with two attached hydrogens (primary N) is 2. The molecule has 33 heavy (non-hydrogen) atoms. The Labute approximate surface area is 196 Å². The molecule has 0 aliphatic heterocycles. The monoisotopic (exact) mass is 463 g/mol. The molecule has 1 unspecified atom stereocenters. The minimum Gasteiger partial charge on any atom is -0.398 e. The Balaban J connectivity index is 2.00. The van der Waals surface area contributed by atoms with Gasteiger partial charge in [-0.3, -0.25) is 9.79 Å². The molecule has 0 saturated heterocycles. The van der Waals surface area contributed by atoms with Crippen molar-refractivity contribution >= 4 is 29.6 Å². The summed E-state index contributed by atoms with van der Waals surface area (Å²) in [4.78, 5) is 16.5. The van der Waals surface area contributed by atoms with Gasteiger partial charge in [-0.15, -0.1) is 11.3 Å². The number of nitriles is 1. The highest BCUT2D eigenvalue weighted by molar-refractivity contribution is 7.16. The van der Waals surface area contributed by atoms with Crippen LogP contribution in [0.1, 0.15) is 28.8 Å². The summed E-state index contributed by atoms with van der Waals surface area (Å²) in [6.07, 6.45) is 4.62. The molecule has 0 saturated carbocycles. The molecule has 2 aromatic carbocycles. The van der Waals surface area contributed by atoms with Gasteiger partial charge in [0.15, 0.2) is 0 Å². The van der Waals surface area contributed by atoms with Crippen LogP contribution in [0.4, 0.5) is 10.1 Å². The summed E-state index contributed by atoms with van der Waals surface area (Å²) >= 11 is 1.60. The standard InChI is InChI=1S/C25H26FN5OS/c1-30-14-19-9-17(6-7-24(19)29)25-22(16-4-5-18(13-27)23(26)10-16)12-21(33-25)11-20(28)3-2-8-31-15-32/h4-7,9-10,12,14-15,20H,2-3,8,11,28-29H2,1H3,(H,31,32). The van der Waals surface area contributed by atoms with Gasteiger partial charge in [-0.1, -0.05) is 12.1 Å². The summed E-state index contributed by atoms with van der Waals surface area (Å²) in [5.41, 5.74) is 16.4. The predicted molar refractivity (Wildman–Crippen MR) is 133 cm³/mol. The molecule has 0 fully saturated rings. The van der Waals surface area contributed by atoms with Crippen LogP contribution < -0.4 is 16.8 Å². The van der Waals surface area contributed by atoms with Gasteiger partial charge in [0.1, 0.15) is 11.9 Å². The van der Waals surface area contributed by atoms with E-state index in [1.165, 1.54) is 12.1 Å². The Morgan fingerprint density at radius 2 is 2.03 bits per heavy atom. The number of aliphatic imine (C=N–C) groups is 1. The van der Waals surface area contributed by atoms with E-state index in [4.69, 9.17) is 16.7 Å². The van der Waals surface area contributed by atoms with Crippen molar-refractivity contribution in [1.29, 1.82) is 5.26 Å². The normalized spacial score (nSPS) is 11.9. The fourth-order valence-electron chi connectivity index (χ4n) is 3.60. The van der Waals surface area contributed by atoms with Crippen molar-refractivity contribution in [3.63, 3.8) is 0 Å². The number of hydrogen-bond donors (Lipinski definition) is 3. The molecule has 5 N–H and O–H groups in total. The van der Waals surface area contributed by atoms with Gasteiger partial charge in [0.05, 0.1) is 5.56 Å². The van der Waals surface area contributed by atoms with Gasteiger partial charge in [-0.05, 0) is 60.7 Å². The first-order chi connectivity index (χ1) is 16.0. The fraction of sp³-hybridized carbons (Fsp3) is 0.240. The molecule has 0 bridgehead atoms. The van der Waals surface area contributed by atoms with Crippen LogP contribution in [-0.4, -0.2) is 32.3 Å². The Hall–Kier alpha value is -3.54. The van der Waals surface area contributed by atoms with Crippen LogP contribution >= 0.6 is 11.3 Å². The third-order valence-electron chi connectivity index (χ3n) is 5.24. The van der Waals surface area contributed by atoms with E-state index in [2.05, 4.69) is 10.3 Å². The van der Waals surface area contributed by atoms with E-state index >= 15 is 0 Å². The maximum atomic E-state index is 14.4. The molecule has 1 atom stereocenters. The second-order valence-corrected chi connectivity index (χ2v) is 8.81. The van der Waals surface area contributed by atoms with E-state index in [1.54, 1.807) is 30.7 Å². The molecule has 0 aliphatic carbocycles. The summed E-state index contributed by atoms with van der Waals surface area (Å²) in [7, 11) is 1.69. The van der Waals surface area contributed by atoms with Crippen molar-refractivity contribution in [2.24, 2.45) is 10.7 Å². The molecular formula is C25H26FN5OS. The molecule has 170 valence electrons. The number of halogens is 1. The number of thiophene rings is 1. The molecule has 1 amide bonds. The average Bonchev–Trinajstić information content (AvgIpc) is 3.22. The van der Waals surface area contributed by atoms with Crippen LogP contribution in [-0.2, 0) is 11.2 Å². The number of benzene rings is 2. The number of rotatable bonds is 10. The summed E-state index contributed by atoms with van der Waals surface area (Å²) in [6.45, 7) is 0.593. The van der Waals surface area contributed by atoms with Crippen molar-refractivity contribution in [2.75, 3.05) is 19.3 Å². The molecule has 3 rings (SSSR count). The third kappa shape index (κ3) is 6.04. The summed E-state index contributed by atoms with van der Waals surface area (Å²) in [5.74, 6) is -0.552. The summed E-state index contributed by atoms with van der Waals surface area (Å²) in [6, 6.07) is 14.2. The zero-order valence-corrected chi connectivity index (χ0v) is 19.2. The molecule has 3 aromatic rings. The van der Waals surface area contributed by atoms with Crippen LogP contribution in [0.25, 0.3) is 21.6 Å². The third-order valence-corrected chi connectivity index (χ3v) is 6.45.